The summed E-state index contributed by atoms with van der Waals surface area (Å²) < 4.78 is 27.0. The number of hydrogen-bond donors (Lipinski definition) is 0. The van der Waals surface area contributed by atoms with Crippen LogP contribution >= 0.6 is 0 Å². The van der Waals surface area contributed by atoms with Crippen LogP contribution in [0.1, 0.15) is 23.7 Å². The first-order valence-electron chi connectivity index (χ1n) is 7.02. The molecule has 118 valence electrons. The Kier molecular flexibility index (Phi) is 5.14. The smallest absolute Gasteiger partial charge is 0.264 e. The van der Waals surface area contributed by atoms with Crippen LogP contribution in [0.15, 0.2) is 59.5 Å². The van der Waals surface area contributed by atoms with E-state index in [1.807, 2.05) is 6.07 Å². The van der Waals surface area contributed by atoms with Crippen LogP contribution in [0.5, 0.6) is 0 Å². The van der Waals surface area contributed by atoms with Crippen LogP contribution in [0.25, 0.3) is 0 Å². The van der Waals surface area contributed by atoms with Crippen molar-refractivity contribution in [3.63, 3.8) is 0 Å². The number of para-hydroxylation sites is 1. The molecule has 0 heterocycles. The molecule has 2 aromatic rings. The van der Waals surface area contributed by atoms with E-state index < -0.39 is 10.0 Å². The molecular weight excluding hydrogens is 312 g/mol. The Morgan fingerprint density at radius 1 is 1.13 bits per heavy atom. The number of anilines is 1. The number of carbonyl (C=O) groups is 1. The largest absolute Gasteiger partial charge is 0.295 e. The van der Waals surface area contributed by atoms with Crippen molar-refractivity contribution in [1.29, 1.82) is 5.26 Å². The lowest BCUT2D eigenvalue weighted by molar-refractivity contribution is 0.101. The van der Waals surface area contributed by atoms with Gasteiger partial charge in [0.05, 0.1) is 23.1 Å². The molecule has 0 radical (unpaired) electrons. The maximum atomic E-state index is 12.9. The number of benzene rings is 2. The fourth-order valence-corrected chi connectivity index (χ4v) is 3.65. The Bertz CT molecular complexity index is 840. The SMILES string of the molecule is CC(=O)c1cccc(S(=O)(=O)N(CCC#N)c2ccccc2)c1. The molecule has 23 heavy (non-hydrogen) atoms. The summed E-state index contributed by atoms with van der Waals surface area (Å²) in [5, 5.41) is 8.80. The van der Waals surface area contributed by atoms with E-state index in [0.29, 0.717) is 11.3 Å². The quantitative estimate of drug-likeness (QED) is 0.764. The van der Waals surface area contributed by atoms with Gasteiger partial charge in [0.25, 0.3) is 10.0 Å². The number of sulfonamides is 1. The summed E-state index contributed by atoms with van der Waals surface area (Å²) in [4.78, 5) is 11.5. The third-order valence-corrected chi connectivity index (χ3v) is 5.12. The highest BCUT2D eigenvalue weighted by Gasteiger charge is 2.25. The Morgan fingerprint density at radius 3 is 2.43 bits per heavy atom. The van der Waals surface area contributed by atoms with Gasteiger partial charge in [0, 0.05) is 12.1 Å². The lowest BCUT2D eigenvalue weighted by Crippen LogP contribution is -2.32. The number of carbonyl (C=O) groups excluding carboxylic acids is 1. The minimum Gasteiger partial charge on any atom is -0.295 e. The molecular formula is C17H16N2O3S. The Balaban J connectivity index is 2.50. The molecule has 0 amide bonds. The molecule has 0 unspecified atom stereocenters. The summed E-state index contributed by atoms with van der Waals surface area (Å²) in [5.41, 5.74) is 0.815. The molecule has 2 rings (SSSR count). The normalized spacial score (nSPS) is 10.8. The van der Waals surface area contributed by atoms with Gasteiger partial charge in [-0.15, -0.1) is 0 Å². The van der Waals surface area contributed by atoms with E-state index in [0.717, 1.165) is 0 Å². The summed E-state index contributed by atoms with van der Waals surface area (Å²) in [6.45, 7) is 1.43. The van der Waals surface area contributed by atoms with Gasteiger partial charge in [0.2, 0.25) is 0 Å². The molecule has 0 bridgehead atoms. The first kappa shape index (κ1) is 16.7. The minimum atomic E-state index is -3.85. The first-order chi connectivity index (χ1) is 11.0. The molecule has 2 aromatic carbocycles. The molecule has 5 nitrogen and oxygen atoms in total. The van der Waals surface area contributed by atoms with E-state index in [-0.39, 0.29) is 23.6 Å². The van der Waals surface area contributed by atoms with Crippen molar-refractivity contribution in [2.45, 2.75) is 18.2 Å². The van der Waals surface area contributed by atoms with Crippen LogP contribution < -0.4 is 4.31 Å². The fraction of sp³-hybridized carbons (Fsp3) is 0.176. The minimum absolute atomic E-state index is 0.0343. The zero-order valence-electron chi connectivity index (χ0n) is 12.6. The van der Waals surface area contributed by atoms with Gasteiger partial charge in [-0.25, -0.2) is 8.42 Å². The highest BCUT2D eigenvalue weighted by molar-refractivity contribution is 7.92. The van der Waals surface area contributed by atoms with Crippen LogP contribution in [0.3, 0.4) is 0 Å². The van der Waals surface area contributed by atoms with Gasteiger partial charge in [-0.1, -0.05) is 30.3 Å². The number of hydrogen-bond acceptors (Lipinski definition) is 4. The van der Waals surface area contributed by atoms with Crippen molar-refractivity contribution in [1.82, 2.24) is 0 Å². The summed E-state index contributed by atoms with van der Waals surface area (Å²) in [6.07, 6.45) is 0.0700. The lowest BCUT2D eigenvalue weighted by atomic mass is 10.2. The Hall–Kier alpha value is -2.65. The number of nitriles is 1. The van der Waals surface area contributed by atoms with Gasteiger partial charge < -0.3 is 0 Å². The second-order valence-electron chi connectivity index (χ2n) is 4.90. The van der Waals surface area contributed by atoms with Crippen molar-refractivity contribution in [3.05, 3.63) is 60.2 Å². The van der Waals surface area contributed by atoms with Crippen LogP contribution in [0, 0.1) is 11.3 Å². The predicted molar refractivity (Wildman–Crippen MR) is 87.7 cm³/mol. The van der Waals surface area contributed by atoms with Gasteiger partial charge in [0.1, 0.15) is 0 Å². The highest BCUT2D eigenvalue weighted by atomic mass is 32.2. The van der Waals surface area contributed by atoms with Crippen molar-refractivity contribution in [3.8, 4) is 6.07 Å². The molecule has 0 aromatic heterocycles. The molecule has 0 atom stereocenters. The molecule has 0 spiro atoms. The van der Waals surface area contributed by atoms with Crippen LogP contribution in [-0.4, -0.2) is 20.7 Å². The molecule has 0 aliphatic carbocycles. The first-order valence-corrected chi connectivity index (χ1v) is 8.46. The van der Waals surface area contributed by atoms with E-state index in [2.05, 4.69) is 0 Å². The maximum Gasteiger partial charge on any atom is 0.264 e. The van der Waals surface area contributed by atoms with Gasteiger partial charge in [-0.3, -0.25) is 9.10 Å². The molecule has 0 aliphatic heterocycles. The van der Waals surface area contributed by atoms with Crippen molar-refractivity contribution < 1.29 is 13.2 Å². The highest BCUT2D eigenvalue weighted by Crippen LogP contribution is 2.24. The number of nitrogens with zero attached hydrogens (tertiary/aromatic N) is 2. The molecule has 0 saturated carbocycles. The maximum absolute atomic E-state index is 12.9. The number of Topliss-reactive ketones (excluding diaryl/α,β-unsaturated/α-hetero) is 1. The Morgan fingerprint density at radius 2 is 1.83 bits per heavy atom. The molecule has 0 fully saturated rings. The fourth-order valence-electron chi connectivity index (χ4n) is 2.14. The topological polar surface area (TPSA) is 78.2 Å². The van der Waals surface area contributed by atoms with Gasteiger partial charge in [-0.05, 0) is 31.2 Å². The van der Waals surface area contributed by atoms with Gasteiger partial charge in [-0.2, -0.15) is 5.26 Å². The van der Waals surface area contributed by atoms with Crippen molar-refractivity contribution in [2.24, 2.45) is 0 Å². The van der Waals surface area contributed by atoms with E-state index in [9.17, 15) is 13.2 Å². The molecule has 6 heteroatoms. The Labute approximate surface area is 135 Å². The van der Waals surface area contributed by atoms with E-state index in [1.54, 1.807) is 36.4 Å². The van der Waals surface area contributed by atoms with E-state index >= 15 is 0 Å². The number of ketones is 1. The second kappa shape index (κ2) is 7.07. The third kappa shape index (κ3) is 3.76. The van der Waals surface area contributed by atoms with Crippen molar-refractivity contribution >= 4 is 21.5 Å². The average molecular weight is 328 g/mol. The molecule has 0 aliphatic rings. The molecule has 0 N–H and O–H groups in total. The predicted octanol–water partition coefficient (Wildman–Crippen LogP) is 3.00. The average Bonchev–Trinajstić information content (AvgIpc) is 2.56. The van der Waals surface area contributed by atoms with Gasteiger partial charge >= 0.3 is 0 Å². The van der Waals surface area contributed by atoms with Crippen molar-refractivity contribution in [2.75, 3.05) is 10.8 Å². The zero-order valence-corrected chi connectivity index (χ0v) is 13.5. The second-order valence-corrected chi connectivity index (χ2v) is 6.77. The zero-order chi connectivity index (χ0) is 16.9. The van der Waals surface area contributed by atoms with E-state index in [1.165, 1.54) is 29.4 Å². The summed E-state index contributed by atoms with van der Waals surface area (Å²) in [6, 6.07) is 16.5. The van der Waals surface area contributed by atoms with E-state index in [4.69, 9.17) is 5.26 Å². The summed E-state index contributed by atoms with van der Waals surface area (Å²) in [5.74, 6) is -0.203. The van der Waals surface area contributed by atoms with Gasteiger partial charge in [0.15, 0.2) is 5.78 Å². The monoisotopic (exact) mass is 328 g/mol. The van der Waals surface area contributed by atoms with Crippen LogP contribution in [-0.2, 0) is 10.0 Å². The summed E-state index contributed by atoms with van der Waals surface area (Å²) >= 11 is 0. The standard InChI is InChI=1S/C17H16N2O3S/c1-14(20)15-7-5-10-17(13-15)23(21,22)19(12-6-11-18)16-8-3-2-4-9-16/h2-5,7-10,13H,6,12H2,1H3. The van der Waals surface area contributed by atoms with Crippen LogP contribution in [0.4, 0.5) is 5.69 Å². The number of rotatable bonds is 6. The van der Waals surface area contributed by atoms with Crippen LogP contribution in [0.2, 0.25) is 0 Å². The lowest BCUT2D eigenvalue weighted by Gasteiger charge is -2.23. The summed E-state index contributed by atoms with van der Waals surface area (Å²) in [7, 11) is -3.85. The molecule has 0 saturated heterocycles. The third-order valence-electron chi connectivity index (χ3n) is 3.30.